The molecular weight excluding hydrogens is 136 g/mol. The van der Waals surface area contributed by atoms with Gasteiger partial charge in [-0.15, -0.1) is 5.26 Å². The molecule has 1 aliphatic heterocycles. The van der Waals surface area contributed by atoms with E-state index in [1.165, 1.54) is 12.8 Å². The number of quaternary nitrogens is 1. The monoisotopic (exact) mass is 153 g/mol. The van der Waals surface area contributed by atoms with Crippen molar-refractivity contribution >= 4 is 0 Å². The van der Waals surface area contributed by atoms with Gasteiger partial charge < -0.3 is 0 Å². The van der Waals surface area contributed by atoms with E-state index in [-0.39, 0.29) is 0 Å². The summed E-state index contributed by atoms with van der Waals surface area (Å²) in [6.45, 7) is 7.49. The lowest BCUT2D eigenvalue weighted by Crippen LogP contribution is -2.48. The molecule has 0 atom stereocenters. The largest absolute Gasteiger partial charge is 0.308 e. The molecule has 0 aliphatic carbocycles. The average Bonchev–Trinajstić information content (AvgIpc) is 2.07. The smallest absolute Gasteiger partial charge is 0.224 e. The summed E-state index contributed by atoms with van der Waals surface area (Å²) in [5.74, 6) is 0.834. The normalized spacial score (nSPS) is 38.1. The van der Waals surface area contributed by atoms with Crippen LogP contribution < -0.4 is 0 Å². The van der Waals surface area contributed by atoms with Crippen LogP contribution in [-0.4, -0.2) is 24.1 Å². The van der Waals surface area contributed by atoms with Crippen molar-refractivity contribution in [3.63, 3.8) is 0 Å². The van der Waals surface area contributed by atoms with Crippen molar-refractivity contribution in [2.24, 2.45) is 5.92 Å². The number of nitriles is 1. The maximum atomic E-state index is 8.95. The van der Waals surface area contributed by atoms with Crippen LogP contribution in [0.25, 0.3) is 0 Å². The van der Waals surface area contributed by atoms with E-state index in [1.807, 2.05) is 0 Å². The van der Waals surface area contributed by atoms with E-state index in [2.05, 4.69) is 20.0 Å². The van der Waals surface area contributed by atoms with Gasteiger partial charge in [-0.2, -0.15) is 0 Å². The minimum atomic E-state index is 0.685. The third kappa shape index (κ3) is 1.72. The van der Waals surface area contributed by atoms with Crippen molar-refractivity contribution in [3.05, 3.63) is 0 Å². The second-order valence-corrected chi connectivity index (χ2v) is 3.69. The van der Waals surface area contributed by atoms with Gasteiger partial charge in [0.25, 0.3) is 0 Å². The summed E-state index contributed by atoms with van der Waals surface area (Å²) in [5, 5.41) is 8.95. The molecule has 0 N–H and O–H groups in total. The van der Waals surface area contributed by atoms with E-state index >= 15 is 0 Å². The first-order chi connectivity index (χ1) is 5.22. The van der Waals surface area contributed by atoms with Gasteiger partial charge in [0.1, 0.15) is 0 Å². The lowest BCUT2D eigenvalue weighted by molar-refractivity contribution is -0.870. The van der Waals surface area contributed by atoms with Gasteiger partial charge >= 0.3 is 6.19 Å². The molecule has 1 heterocycles. The molecule has 0 bridgehead atoms. The number of nitrogens with zero attached hydrogens (tertiary/aromatic N) is 2. The predicted molar refractivity (Wildman–Crippen MR) is 44.5 cm³/mol. The van der Waals surface area contributed by atoms with E-state index in [0.717, 1.165) is 25.6 Å². The molecule has 62 valence electrons. The Hall–Kier alpha value is -0.550. The minimum Gasteiger partial charge on any atom is -0.224 e. The standard InChI is InChI=1S/C9H17N2/c1-3-11(8-10)6-4-9(2)5-7-11/h9H,3-7H2,1-2H3/q+1. The topological polar surface area (TPSA) is 23.8 Å². The number of likely N-dealkylation sites (tertiary alicyclic amines) is 1. The summed E-state index contributed by atoms with van der Waals surface area (Å²) in [6, 6.07) is 0. The van der Waals surface area contributed by atoms with Gasteiger partial charge in [-0.25, -0.2) is 4.48 Å². The molecule has 11 heavy (non-hydrogen) atoms. The van der Waals surface area contributed by atoms with Crippen molar-refractivity contribution in [1.29, 1.82) is 5.26 Å². The molecule has 0 aromatic heterocycles. The molecule has 1 rings (SSSR count). The molecule has 2 nitrogen and oxygen atoms in total. The maximum Gasteiger partial charge on any atom is 0.308 e. The van der Waals surface area contributed by atoms with E-state index in [9.17, 15) is 0 Å². The Morgan fingerprint density at radius 1 is 1.45 bits per heavy atom. The van der Waals surface area contributed by atoms with Gasteiger partial charge in [-0.3, -0.25) is 0 Å². The second kappa shape index (κ2) is 3.23. The van der Waals surface area contributed by atoms with Crippen LogP contribution in [0, 0.1) is 17.4 Å². The van der Waals surface area contributed by atoms with Crippen LogP contribution in [0.2, 0.25) is 0 Å². The molecule has 1 fully saturated rings. The van der Waals surface area contributed by atoms with Crippen molar-refractivity contribution < 1.29 is 4.48 Å². The first-order valence-electron chi connectivity index (χ1n) is 4.50. The van der Waals surface area contributed by atoms with Crippen molar-refractivity contribution in [1.82, 2.24) is 0 Å². The highest BCUT2D eigenvalue weighted by Crippen LogP contribution is 2.21. The third-order valence-electron chi connectivity index (χ3n) is 2.92. The van der Waals surface area contributed by atoms with Gasteiger partial charge in [0.05, 0.1) is 19.6 Å². The Labute approximate surface area is 69.0 Å². The number of hydrogen-bond donors (Lipinski definition) is 0. The molecule has 0 radical (unpaired) electrons. The summed E-state index contributed by atoms with van der Waals surface area (Å²) < 4.78 is 0.685. The second-order valence-electron chi connectivity index (χ2n) is 3.69. The molecule has 0 aromatic rings. The van der Waals surface area contributed by atoms with Crippen LogP contribution in [0.3, 0.4) is 0 Å². The Morgan fingerprint density at radius 2 is 2.00 bits per heavy atom. The first kappa shape index (κ1) is 8.55. The summed E-state index contributed by atoms with van der Waals surface area (Å²) >= 11 is 0. The molecule has 0 aromatic carbocycles. The zero-order chi connectivity index (χ0) is 8.32. The highest BCUT2D eigenvalue weighted by molar-refractivity contribution is 4.66. The van der Waals surface area contributed by atoms with Gasteiger partial charge in [-0.1, -0.05) is 6.92 Å². The maximum absolute atomic E-state index is 8.95. The Bertz CT molecular complexity index is 161. The fraction of sp³-hybridized carbons (Fsp3) is 0.889. The fourth-order valence-corrected chi connectivity index (χ4v) is 1.68. The van der Waals surface area contributed by atoms with Crippen LogP contribution in [0.4, 0.5) is 0 Å². The summed E-state index contributed by atoms with van der Waals surface area (Å²) in [5.41, 5.74) is 0. The number of piperidine rings is 1. The Morgan fingerprint density at radius 3 is 2.36 bits per heavy atom. The van der Waals surface area contributed by atoms with Crippen molar-refractivity contribution in [2.75, 3.05) is 19.6 Å². The fourth-order valence-electron chi connectivity index (χ4n) is 1.68. The molecular formula is C9H17N2+. The Kier molecular flexibility index (Phi) is 2.51. The highest BCUT2D eigenvalue weighted by atomic mass is 15.3. The van der Waals surface area contributed by atoms with E-state index in [1.54, 1.807) is 0 Å². The van der Waals surface area contributed by atoms with E-state index < -0.39 is 0 Å². The zero-order valence-corrected chi connectivity index (χ0v) is 7.51. The molecule has 0 spiro atoms. The quantitative estimate of drug-likeness (QED) is 0.416. The molecule has 0 unspecified atom stereocenters. The van der Waals surface area contributed by atoms with Crippen LogP contribution in [0.1, 0.15) is 26.7 Å². The van der Waals surface area contributed by atoms with Crippen LogP contribution in [0.5, 0.6) is 0 Å². The van der Waals surface area contributed by atoms with Gasteiger partial charge in [-0.05, 0) is 12.8 Å². The van der Waals surface area contributed by atoms with Gasteiger partial charge in [0, 0.05) is 12.8 Å². The predicted octanol–water partition coefficient (Wildman–Crippen LogP) is 1.73. The van der Waals surface area contributed by atoms with Gasteiger partial charge in [0.15, 0.2) is 0 Å². The van der Waals surface area contributed by atoms with E-state index in [4.69, 9.17) is 5.26 Å². The highest BCUT2D eigenvalue weighted by Gasteiger charge is 2.31. The number of rotatable bonds is 1. The molecule has 1 saturated heterocycles. The zero-order valence-electron chi connectivity index (χ0n) is 7.51. The van der Waals surface area contributed by atoms with Crippen LogP contribution in [0.15, 0.2) is 0 Å². The molecule has 0 saturated carbocycles. The van der Waals surface area contributed by atoms with E-state index in [0.29, 0.717) is 4.48 Å². The summed E-state index contributed by atoms with van der Waals surface area (Å²) in [4.78, 5) is 0. The molecule has 2 heteroatoms. The molecule has 0 amide bonds. The van der Waals surface area contributed by atoms with Crippen molar-refractivity contribution in [2.45, 2.75) is 26.7 Å². The summed E-state index contributed by atoms with van der Waals surface area (Å²) in [6.07, 6.45) is 4.87. The lowest BCUT2D eigenvalue weighted by atomic mass is 9.97. The van der Waals surface area contributed by atoms with Crippen molar-refractivity contribution in [3.8, 4) is 6.19 Å². The summed E-state index contributed by atoms with van der Waals surface area (Å²) in [7, 11) is 0. The Balaban J connectivity index is 2.54. The first-order valence-corrected chi connectivity index (χ1v) is 4.50. The van der Waals surface area contributed by atoms with Crippen LogP contribution >= 0.6 is 0 Å². The average molecular weight is 153 g/mol. The lowest BCUT2D eigenvalue weighted by Gasteiger charge is -2.34. The molecule has 1 aliphatic rings. The number of hydrogen-bond acceptors (Lipinski definition) is 1. The van der Waals surface area contributed by atoms with Crippen LogP contribution in [-0.2, 0) is 0 Å². The van der Waals surface area contributed by atoms with Gasteiger partial charge in [0.2, 0.25) is 0 Å². The SMILES string of the molecule is CC[N+]1(C#N)CCC(C)CC1. The minimum absolute atomic E-state index is 0.685. The third-order valence-corrected chi connectivity index (χ3v) is 2.92.